The smallest absolute Gasteiger partial charge is 0.222 e. The lowest BCUT2D eigenvalue weighted by Crippen LogP contribution is -2.13. The van der Waals surface area contributed by atoms with Crippen molar-refractivity contribution in [1.29, 1.82) is 0 Å². The summed E-state index contributed by atoms with van der Waals surface area (Å²) in [5.41, 5.74) is -0.653. The molecule has 1 radical (unpaired) electrons. The van der Waals surface area contributed by atoms with Crippen LogP contribution < -0.4 is 0 Å². The van der Waals surface area contributed by atoms with Gasteiger partial charge in [-0.2, -0.15) is 0 Å². The molecular weight excluding hydrogens is 488 g/mol. The highest BCUT2D eigenvalue weighted by atomic mass is 35.5. The molecular formula is C17H14ClN4O6S3. The van der Waals surface area contributed by atoms with E-state index in [1.54, 1.807) is 6.07 Å². The highest BCUT2D eigenvalue weighted by molar-refractivity contribution is 7.91. The van der Waals surface area contributed by atoms with Gasteiger partial charge in [0.2, 0.25) is 24.8 Å². The molecule has 0 spiro atoms. The molecule has 0 amide bonds. The SMILES string of the molecule is Cc1nc(S(=O)(=O)c2ccccc2)nc(-c2[c]nc(S(C)(=O)=O)nc2S(C)(=O)=O)c1Cl. The molecule has 0 fully saturated rings. The van der Waals surface area contributed by atoms with Gasteiger partial charge in [-0.05, 0) is 19.1 Å². The second-order valence-corrected chi connectivity index (χ2v) is 12.5. The van der Waals surface area contributed by atoms with E-state index in [1.807, 2.05) is 0 Å². The predicted molar refractivity (Wildman–Crippen MR) is 110 cm³/mol. The molecule has 0 unspecified atom stereocenters. The zero-order chi connectivity index (χ0) is 23.2. The average Bonchev–Trinajstić information content (AvgIpc) is 2.68. The summed E-state index contributed by atoms with van der Waals surface area (Å²) in [7, 11) is -12.2. The van der Waals surface area contributed by atoms with Crippen molar-refractivity contribution in [3.8, 4) is 11.3 Å². The quantitative estimate of drug-likeness (QED) is 0.369. The molecule has 0 bridgehead atoms. The second-order valence-electron chi connectivity index (χ2n) is 6.41. The normalized spacial score (nSPS) is 12.6. The molecule has 1 aromatic carbocycles. The van der Waals surface area contributed by atoms with Crippen molar-refractivity contribution >= 4 is 41.1 Å². The molecule has 2 aromatic heterocycles. The monoisotopic (exact) mass is 501 g/mol. The highest BCUT2D eigenvalue weighted by Gasteiger charge is 2.28. The fourth-order valence-electron chi connectivity index (χ4n) is 2.43. The Morgan fingerprint density at radius 2 is 1.45 bits per heavy atom. The van der Waals surface area contributed by atoms with Crippen LogP contribution in [-0.4, -0.2) is 57.7 Å². The van der Waals surface area contributed by atoms with E-state index in [0.717, 1.165) is 12.5 Å². The standard InChI is InChI=1S/C17H14ClN4O6S3/c1-10-13(18)14(21-17(20-10)31(27,28)11-7-5-4-6-8-11)12-9-19-16(30(3,25)26)22-15(12)29(2,23)24/h4-8H,1-3H3. The van der Waals surface area contributed by atoms with E-state index in [0.29, 0.717) is 0 Å². The summed E-state index contributed by atoms with van der Waals surface area (Å²) in [6.07, 6.45) is 3.87. The van der Waals surface area contributed by atoms with Crippen molar-refractivity contribution in [1.82, 2.24) is 19.9 Å². The van der Waals surface area contributed by atoms with Crippen molar-refractivity contribution in [3.63, 3.8) is 0 Å². The summed E-state index contributed by atoms with van der Waals surface area (Å²) in [6.45, 7) is 1.41. The molecule has 0 atom stereocenters. The van der Waals surface area contributed by atoms with Gasteiger partial charge in [0.25, 0.3) is 5.16 Å². The van der Waals surface area contributed by atoms with Crippen molar-refractivity contribution in [2.45, 2.75) is 27.2 Å². The first-order valence-corrected chi connectivity index (χ1v) is 13.9. The lowest BCUT2D eigenvalue weighted by molar-refractivity contribution is 0.585. The largest absolute Gasteiger partial charge is 0.252 e. The number of aryl methyl sites for hydroxylation is 1. The number of hydrogen-bond donors (Lipinski definition) is 0. The Morgan fingerprint density at radius 3 is 2.00 bits per heavy atom. The van der Waals surface area contributed by atoms with Crippen LogP contribution in [0.4, 0.5) is 0 Å². The van der Waals surface area contributed by atoms with Gasteiger partial charge in [0.1, 0.15) is 6.20 Å². The molecule has 3 rings (SSSR count). The minimum Gasteiger partial charge on any atom is -0.222 e. The molecule has 31 heavy (non-hydrogen) atoms. The summed E-state index contributed by atoms with van der Waals surface area (Å²) < 4.78 is 74.0. The Hall–Kier alpha value is -2.48. The van der Waals surface area contributed by atoms with Gasteiger partial charge in [0, 0.05) is 12.5 Å². The first kappa shape index (κ1) is 23.2. The van der Waals surface area contributed by atoms with E-state index in [9.17, 15) is 25.3 Å². The van der Waals surface area contributed by atoms with Gasteiger partial charge >= 0.3 is 0 Å². The molecule has 2 heterocycles. The Labute approximate surface area is 184 Å². The molecule has 0 aliphatic heterocycles. The minimum absolute atomic E-state index is 0.0428. The van der Waals surface area contributed by atoms with Gasteiger partial charge in [0.15, 0.2) is 14.9 Å². The fraction of sp³-hybridized carbons (Fsp3) is 0.176. The maximum absolute atomic E-state index is 12.9. The van der Waals surface area contributed by atoms with Crippen LogP contribution in [0.3, 0.4) is 0 Å². The van der Waals surface area contributed by atoms with E-state index in [2.05, 4.69) is 26.1 Å². The van der Waals surface area contributed by atoms with E-state index < -0.39 is 44.9 Å². The summed E-state index contributed by atoms with van der Waals surface area (Å²) >= 11 is 6.24. The number of benzene rings is 1. The summed E-state index contributed by atoms with van der Waals surface area (Å²) in [5.74, 6) is 0. The number of sulfone groups is 3. The van der Waals surface area contributed by atoms with E-state index in [4.69, 9.17) is 11.6 Å². The predicted octanol–water partition coefficient (Wildman–Crippen LogP) is 1.34. The summed E-state index contributed by atoms with van der Waals surface area (Å²) in [5, 5.41) is -2.28. The fourth-order valence-corrected chi connectivity index (χ4v) is 5.10. The summed E-state index contributed by atoms with van der Waals surface area (Å²) in [4.78, 5) is 15.0. The van der Waals surface area contributed by atoms with Gasteiger partial charge in [-0.3, -0.25) is 0 Å². The number of hydrogen-bond acceptors (Lipinski definition) is 10. The van der Waals surface area contributed by atoms with Gasteiger partial charge in [0.05, 0.1) is 26.9 Å². The molecule has 0 saturated carbocycles. The van der Waals surface area contributed by atoms with Crippen LogP contribution in [-0.2, 0) is 29.5 Å². The second kappa shape index (κ2) is 7.89. The molecule has 3 aromatic rings. The Morgan fingerprint density at radius 1 is 0.839 bits per heavy atom. The topological polar surface area (TPSA) is 154 Å². The molecule has 0 aliphatic rings. The van der Waals surface area contributed by atoms with Crippen molar-refractivity contribution in [2.24, 2.45) is 0 Å². The Kier molecular flexibility index (Phi) is 5.90. The molecule has 14 heteroatoms. The van der Waals surface area contributed by atoms with E-state index in [-0.39, 0.29) is 26.9 Å². The number of nitrogens with zero attached hydrogens (tertiary/aromatic N) is 4. The van der Waals surface area contributed by atoms with Gasteiger partial charge in [-0.1, -0.05) is 29.8 Å². The Bertz CT molecular complexity index is 1510. The van der Waals surface area contributed by atoms with Crippen LogP contribution in [0.15, 0.2) is 50.6 Å². The molecule has 163 valence electrons. The third-order valence-electron chi connectivity index (χ3n) is 3.88. The van der Waals surface area contributed by atoms with Crippen molar-refractivity contribution in [3.05, 3.63) is 47.2 Å². The molecule has 0 saturated heterocycles. The van der Waals surface area contributed by atoms with Crippen molar-refractivity contribution < 1.29 is 25.3 Å². The van der Waals surface area contributed by atoms with Crippen LogP contribution >= 0.6 is 11.6 Å². The van der Waals surface area contributed by atoms with E-state index in [1.165, 1.54) is 31.2 Å². The highest BCUT2D eigenvalue weighted by Crippen LogP contribution is 2.33. The third-order valence-corrected chi connectivity index (χ3v) is 7.74. The molecule has 10 nitrogen and oxygen atoms in total. The van der Waals surface area contributed by atoms with Gasteiger partial charge in [-0.15, -0.1) is 0 Å². The number of aromatic nitrogens is 4. The van der Waals surface area contributed by atoms with Gasteiger partial charge < -0.3 is 0 Å². The lowest BCUT2D eigenvalue weighted by Gasteiger charge is -2.12. The zero-order valence-electron chi connectivity index (χ0n) is 16.2. The molecule has 0 aliphatic carbocycles. The van der Waals surface area contributed by atoms with E-state index >= 15 is 0 Å². The third kappa shape index (κ3) is 4.59. The van der Waals surface area contributed by atoms with Crippen LogP contribution in [0.2, 0.25) is 5.02 Å². The average molecular weight is 502 g/mol. The zero-order valence-corrected chi connectivity index (χ0v) is 19.4. The number of halogens is 1. The summed E-state index contributed by atoms with van der Waals surface area (Å²) in [6, 6.07) is 7.36. The van der Waals surface area contributed by atoms with Crippen molar-refractivity contribution in [2.75, 3.05) is 12.5 Å². The first-order chi connectivity index (χ1) is 14.2. The van der Waals surface area contributed by atoms with Crippen LogP contribution in [0.25, 0.3) is 11.3 Å². The molecule has 0 N–H and O–H groups in total. The van der Waals surface area contributed by atoms with Crippen LogP contribution in [0.5, 0.6) is 0 Å². The lowest BCUT2D eigenvalue weighted by atomic mass is 10.2. The van der Waals surface area contributed by atoms with Gasteiger partial charge in [-0.25, -0.2) is 45.2 Å². The minimum atomic E-state index is -4.17. The maximum Gasteiger partial charge on any atom is 0.252 e. The Balaban J connectivity index is 2.35. The first-order valence-electron chi connectivity index (χ1n) is 8.27. The van der Waals surface area contributed by atoms with Crippen LogP contribution in [0, 0.1) is 13.1 Å². The number of rotatable bonds is 5. The van der Waals surface area contributed by atoms with Crippen LogP contribution in [0.1, 0.15) is 5.69 Å². The maximum atomic E-state index is 12.9.